The van der Waals surface area contributed by atoms with Crippen molar-refractivity contribution in [1.29, 1.82) is 0 Å². The molecule has 20 heavy (non-hydrogen) atoms. The smallest absolute Gasteiger partial charge is 0.196 e. The van der Waals surface area contributed by atoms with Crippen molar-refractivity contribution in [3.8, 4) is 0 Å². The molecule has 0 aliphatic rings. The van der Waals surface area contributed by atoms with Gasteiger partial charge in [0.1, 0.15) is 0 Å². The number of sulfone groups is 1. The van der Waals surface area contributed by atoms with Gasteiger partial charge in [0.2, 0.25) is 0 Å². The van der Waals surface area contributed by atoms with E-state index in [9.17, 15) is 13.2 Å². The summed E-state index contributed by atoms with van der Waals surface area (Å²) in [5, 5.41) is 4.10. The summed E-state index contributed by atoms with van der Waals surface area (Å²) < 4.78 is 24.7. The fourth-order valence-corrected chi connectivity index (χ4v) is 2.53. The highest BCUT2D eigenvalue weighted by Gasteiger charge is 2.14. The maximum Gasteiger partial charge on any atom is 0.196 e. The number of hydrogen-bond acceptors (Lipinski definition) is 4. The highest BCUT2D eigenvalue weighted by atomic mass is 32.2. The molecule has 2 aromatic rings. The van der Waals surface area contributed by atoms with E-state index < -0.39 is 9.84 Å². The third kappa shape index (κ3) is 3.14. The van der Waals surface area contributed by atoms with Crippen LogP contribution in [0.15, 0.2) is 41.6 Å². The summed E-state index contributed by atoms with van der Waals surface area (Å²) in [4.78, 5) is 12.4. The van der Waals surface area contributed by atoms with Gasteiger partial charge in [-0.05, 0) is 18.6 Å². The second-order valence-corrected chi connectivity index (χ2v) is 6.64. The number of benzene rings is 1. The number of carbonyl (C=O) groups is 1. The first-order valence-corrected chi connectivity index (χ1v) is 8.18. The molecule has 0 spiro atoms. The third-order valence-corrected chi connectivity index (χ3v) is 3.98. The Labute approximate surface area is 118 Å². The van der Waals surface area contributed by atoms with Gasteiger partial charge in [0.15, 0.2) is 15.6 Å². The Hall–Kier alpha value is -1.95. The lowest BCUT2D eigenvalue weighted by molar-refractivity contribution is 0.103. The molecular weight excluding hydrogens is 276 g/mol. The number of hydrogen-bond donors (Lipinski definition) is 0. The lowest BCUT2D eigenvalue weighted by Gasteiger charge is -2.02. The summed E-state index contributed by atoms with van der Waals surface area (Å²) in [7, 11) is -3.32. The minimum atomic E-state index is -3.32. The second-order valence-electron chi connectivity index (χ2n) is 4.62. The topological polar surface area (TPSA) is 69.0 Å². The molecule has 6 heteroatoms. The first-order chi connectivity index (χ1) is 9.41. The molecule has 0 atom stereocenters. The second kappa shape index (κ2) is 5.58. The zero-order chi connectivity index (χ0) is 14.8. The van der Waals surface area contributed by atoms with Crippen molar-refractivity contribution in [2.45, 2.75) is 24.8 Å². The van der Waals surface area contributed by atoms with E-state index in [-0.39, 0.29) is 10.7 Å². The van der Waals surface area contributed by atoms with Crippen LogP contribution in [0.4, 0.5) is 0 Å². The Kier molecular flexibility index (Phi) is 4.04. The molecule has 0 fully saturated rings. The first kappa shape index (κ1) is 14.5. The molecule has 0 unspecified atom stereocenters. The summed E-state index contributed by atoms with van der Waals surface area (Å²) in [6.07, 6.45) is 5.23. The molecular formula is C14H16N2O3S. The third-order valence-electron chi connectivity index (χ3n) is 2.87. The molecule has 1 heterocycles. The van der Waals surface area contributed by atoms with Crippen LogP contribution in [0, 0.1) is 0 Å². The molecule has 0 N–H and O–H groups in total. The Morgan fingerprint density at radius 3 is 2.70 bits per heavy atom. The first-order valence-electron chi connectivity index (χ1n) is 6.29. The SMILES string of the molecule is CCCn1cc(C(=O)c2cccc(S(C)(=O)=O)c2)cn1. The predicted molar refractivity (Wildman–Crippen MR) is 75.5 cm³/mol. The van der Waals surface area contributed by atoms with Gasteiger partial charge in [-0.15, -0.1) is 0 Å². The summed E-state index contributed by atoms with van der Waals surface area (Å²) in [5.74, 6) is -0.224. The van der Waals surface area contributed by atoms with E-state index in [0.29, 0.717) is 11.1 Å². The van der Waals surface area contributed by atoms with Gasteiger partial charge >= 0.3 is 0 Å². The Bertz CT molecular complexity index is 732. The number of rotatable bonds is 5. The van der Waals surface area contributed by atoms with Gasteiger partial charge in [-0.25, -0.2) is 8.42 Å². The van der Waals surface area contributed by atoms with Gasteiger partial charge in [0.05, 0.1) is 16.7 Å². The van der Waals surface area contributed by atoms with Crippen LogP contribution in [0.25, 0.3) is 0 Å². The van der Waals surface area contributed by atoms with Crippen LogP contribution >= 0.6 is 0 Å². The van der Waals surface area contributed by atoms with Crippen LogP contribution in [0.5, 0.6) is 0 Å². The molecule has 106 valence electrons. The molecule has 0 aliphatic carbocycles. The van der Waals surface area contributed by atoms with Gasteiger partial charge < -0.3 is 0 Å². The molecule has 0 radical (unpaired) electrons. The Morgan fingerprint density at radius 2 is 2.05 bits per heavy atom. The van der Waals surface area contributed by atoms with Crippen molar-refractivity contribution < 1.29 is 13.2 Å². The lowest BCUT2D eigenvalue weighted by Crippen LogP contribution is -2.03. The van der Waals surface area contributed by atoms with Gasteiger partial charge in [0.25, 0.3) is 0 Å². The molecule has 0 amide bonds. The summed E-state index contributed by atoms with van der Waals surface area (Å²) in [6.45, 7) is 2.77. The van der Waals surface area contributed by atoms with E-state index in [0.717, 1.165) is 19.2 Å². The van der Waals surface area contributed by atoms with Crippen LogP contribution in [-0.4, -0.2) is 30.2 Å². The molecule has 5 nitrogen and oxygen atoms in total. The van der Waals surface area contributed by atoms with E-state index in [1.54, 1.807) is 23.0 Å². The summed E-state index contributed by atoms with van der Waals surface area (Å²) >= 11 is 0. The van der Waals surface area contributed by atoms with Crippen molar-refractivity contribution in [3.63, 3.8) is 0 Å². The quantitative estimate of drug-likeness (QED) is 0.790. The van der Waals surface area contributed by atoms with Crippen molar-refractivity contribution in [2.75, 3.05) is 6.26 Å². The lowest BCUT2D eigenvalue weighted by atomic mass is 10.1. The summed E-state index contributed by atoms with van der Waals surface area (Å²) in [6, 6.07) is 6.05. The standard InChI is InChI=1S/C14H16N2O3S/c1-3-7-16-10-12(9-15-16)14(17)11-5-4-6-13(8-11)20(2,18)19/h4-6,8-10H,3,7H2,1-2H3. The highest BCUT2D eigenvalue weighted by molar-refractivity contribution is 7.90. The van der Waals surface area contributed by atoms with Gasteiger partial charge in [0, 0.05) is 24.6 Å². The van der Waals surface area contributed by atoms with Crippen molar-refractivity contribution in [2.24, 2.45) is 0 Å². The van der Waals surface area contributed by atoms with Crippen LogP contribution in [0.3, 0.4) is 0 Å². The minimum absolute atomic E-state index is 0.143. The van der Waals surface area contributed by atoms with Crippen LogP contribution in [0.2, 0.25) is 0 Å². The number of nitrogens with zero attached hydrogens (tertiary/aromatic N) is 2. The van der Waals surface area contributed by atoms with E-state index in [1.165, 1.54) is 18.3 Å². The molecule has 0 saturated heterocycles. The Balaban J connectivity index is 2.33. The average molecular weight is 292 g/mol. The zero-order valence-corrected chi connectivity index (χ0v) is 12.2. The van der Waals surface area contributed by atoms with E-state index in [2.05, 4.69) is 5.10 Å². The highest BCUT2D eigenvalue weighted by Crippen LogP contribution is 2.15. The maximum atomic E-state index is 12.3. The maximum absolute atomic E-state index is 12.3. The normalized spacial score (nSPS) is 11.5. The molecule has 1 aromatic heterocycles. The monoisotopic (exact) mass is 292 g/mol. The van der Waals surface area contributed by atoms with Gasteiger partial charge in [-0.1, -0.05) is 19.1 Å². The van der Waals surface area contributed by atoms with Gasteiger partial charge in [-0.3, -0.25) is 9.48 Å². The van der Waals surface area contributed by atoms with Crippen LogP contribution in [0.1, 0.15) is 29.3 Å². The number of carbonyl (C=O) groups excluding carboxylic acids is 1. The fourth-order valence-electron chi connectivity index (χ4n) is 1.87. The molecule has 0 aliphatic heterocycles. The van der Waals surface area contributed by atoms with Crippen molar-refractivity contribution in [1.82, 2.24) is 9.78 Å². The number of aryl methyl sites for hydroxylation is 1. The van der Waals surface area contributed by atoms with E-state index in [4.69, 9.17) is 0 Å². The fraction of sp³-hybridized carbons (Fsp3) is 0.286. The average Bonchev–Trinajstić information content (AvgIpc) is 2.86. The molecule has 2 rings (SSSR count). The predicted octanol–water partition coefficient (Wildman–Crippen LogP) is 1.93. The molecule has 1 aromatic carbocycles. The van der Waals surface area contributed by atoms with Crippen molar-refractivity contribution >= 4 is 15.6 Å². The largest absolute Gasteiger partial charge is 0.288 e. The van der Waals surface area contributed by atoms with Crippen LogP contribution < -0.4 is 0 Å². The zero-order valence-electron chi connectivity index (χ0n) is 11.4. The number of aromatic nitrogens is 2. The summed E-state index contributed by atoms with van der Waals surface area (Å²) in [5.41, 5.74) is 0.813. The Morgan fingerprint density at radius 1 is 1.30 bits per heavy atom. The van der Waals surface area contributed by atoms with E-state index >= 15 is 0 Å². The number of ketones is 1. The molecule has 0 bridgehead atoms. The van der Waals surface area contributed by atoms with Crippen molar-refractivity contribution in [3.05, 3.63) is 47.8 Å². The van der Waals surface area contributed by atoms with Gasteiger partial charge in [-0.2, -0.15) is 5.10 Å². The van der Waals surface area contributed by atoms with E-state index in [1.807, 2.05) is 6.92 Å². The molecule has 0 saturated carbocycles. The minimum Gasteiger partial charge on any atom is -0.288 e. The van der Waals surface area contributed by atoms with Crippen LogP contribution in [-0.2, 0) is 16.4 Å².